The normalized spacial score (nSPS) is 10.3. The number of aryl methyl sites for hydroxylation is 1. The number of benzene rings is 2. The minimum Gasteiger partial charge on any atom is -0.377 e. The number of non-ortho nitro benzene ring substituents is 1. The molecule has 1 amide bonds. The Kier molecular flexibility index (Phi) is 4.59. The average molecular weight is 317 g/mol. The first-order valence-corrected chi connectivity index (χ1v) is 6.83. The van der Waals surface area contributed by atoms with E-state index >= 15 is 0 Å². The van der Waals surface area contributed by atoms with Crippen molar-refractivity contribution in [2.45, 2.75) is 6.92 Å². The third-order valence-corrected chi connectivity index (χ3v) is 3.29. The summed E-state index contributed by atoms with van der Waals surface area (Å²) in [5.74, 6) is -1.17. The first-order chi connectivity index (χ1) is 10.8. The van der Waals surface area contributed by atoms with Gasteiger partial charge in [0.1, 0.15) is 5.82 Å². The molecule has 0 saturated carbocycles. The van der Waals surface area contributed by atoms with Crippen LogP contribution in [-0.4, -0.2) is 24.9 Å². The minimum atomic E-state index is -0.611. The number of nitrogens with zero attached hydrogens (tertiary/aromatic N) is 2. The molecule has 2 aromatic rings. The van der Waals surface area contributed by atoms with Gasteiger partial charge in [-0.15, -0.1) is 0 Å². The van der Waals surface area contributed by atoms with Gasteiger partial charge in [-0.2, -0.15) is 0 Å². The molecule has 0 fully saturated rings. The Balaban J connectivity index is 2.40. The molecule has 0 aliphatic heterocycles. The van der Waals surface area contributed by atoms with Gasteiger partial charge in [-0.05, 0) is 30.7 Å². The largest absolute Gasteiger partial charge is 0.377 e. The molecule has 0 bridgehead atoms. The van der Waals surface area contributed by atoms with E-state index in [1.807, 2.05) is 0 Å². The molecule has 0 atom stereocenters. The molecular weight excluding hydrogens is 301 g/mol. The van der Waals surface area contributed by atoms with E-state index in [0.29, 0.717) is 5.69 Å². The van der Waals surface area contributed by atoms with Crippen LogP contribution in [0.15, 0.2) is 36.4 Å². The van der Waals surface area contributed by atoms with Crippen LogP contribution in [-0.2, 0) is 0 Å². The van der Waals surface area contributed by atoms with Gasteiger partial charge in [0.2, 0.25) is 0 Å². The van der Waals surface area contributed by atoms with Gasteiger partial charge in [0.25, 0.3) is 11.6 Å². The lowest BCUT2D eigenvalue weighted by Gasteiger charge is -2.17. The Morgan fingerprint density at radius 2 is 1.91 bits per heavy atom. The molecule has 0 aliphatic rings. The smallest absolute Gasteiger partial charge is 0.270 e. The third-order valence-electron chi connectivity index (χ3n) is 3.29. The van der Waals surface area contributed by atoms with Crippen LogP contribution in [0.4, 0.5) is 21.5 Å². The Hall–Kier alpha value is -2.96. The molecule has 2 rings (SSSR count). The number of carbonyl (C=O) groups excluding carboxylic acids is 1. The molecule has 2 aromatic carbocycles. The zero-order valence-electron chi connectivity index (χ0n) is 13.0. The highest BCUT2D eigenvalue weighted by Gasteiger charge is 2.19. The van der Waals surface area contributed by atoms with Crippen LogP contribution in [0.1, 0.15) is 15.9 Å². The van der Waals surface area contributed by atoms with E-state index in [1.165, 1.54) is 30.3 Å². The zero-order valence-corrected chi connectivity index (χ0v) is 13.0. The van der Waals surface area contributed by atoms with Crippen LogP contribution in [0.3, 0.4) is 0 Å². The van der Waals surface area contributed by atoms with Crippen LogP contribution < -0.4 is 10.2 Å². The van der Waals surface area contributed by atoms with Crippen molar-refractivity contribution in [1.82, 2.24) is 0 Å². The molecule has 0 heterocycles. The predicted octanol–water partition coefficient (Wildman–Crippen LogP) is 3.36. The second-order valence-electron chi connectivity index (χ2n) is 5.29. The van der Waals surface area contributed by atoms with Crippen LogP contribution >= 0.6 is 0 Å². The predicted molar refractivity (Wildman–Crippen MR) is 86.5 cm³/mol. The first-order valence-electron chi connectivity index (χ1n) is 6.83. The fraction of sp³-hybridized carbons (Fsp3) is 0.188. The van der Waals surface area contributed by atoms with E-state index in [1.54, 1.807) is 32.0 Å². The first kappa shape index (κ1) is 16.4. The maximum atomic E-state index is 13.9. The van der Waals surface area contributed by atoms with Crippen molar-refractivity contribution in [3.63, 3.8) is 0 Å². The Morgan fingerprint density at radius 1 is 1.22 bits per heavy atom. The van der Waals surface area contributed by atoms with E-state index in [0.717, 1.165) is 5.56 Å². The fourth-order valence-corrected chi connectivity index (χ4v) is 2.12. The number of hydrogen-bond donors (Lipinski definition) is 1. The van der Waals surface area contributed by atoms with E-state index in [9.17, 15) is 19.3 Å². The van der Waals surface area contributed by atoms with Crippen molar-refractivity contribution in [3.8, 4) is 0 Å². The molecule has 120 valence electrons. The minimum absolute atomic E-state index is 0.0248. The Bertz CT molecular complexity index is 775. The molecule has 0 saturated heterocycles. The monoisotopic (exact) mass is 317 g/mol. The summed E-state index contributed by atoms with van der Waals surface area (Å²) in [4.78, 5) is 24.4. The van der Waals surface area contributed by atoms with Gasteiger partial charge < -0.3 is 10.2 Å². The summed E-state index contributed by atoms with van der Waals surface area (Å²) in [6.07, 6.45) is 0. The second-order valence-corrected chi connectivity index (χ2v) is 5.29. The molecule has 0 unspecified atom stereocenters. The molecule has 1 N–H and O–H groups in total. The highest BCUT2D eigenvalue weighted by molar-refractivity contribution is 6.08. The van der Waals surface area contributed by atoms with Crippen molar-refractivity contribution in [3.05, 3.63) is 63.5 Å². The zero-order chi connectivity index (χ0) is 17.1. The van der Waals surface area contributed by atoms with Gasteiger partial charge in [0.15, 0.2) is 0 Å². The van der Waals surface area contributed by atoms with Gasteiger partial charge >= 0.3 is 0 Å². The van der Waals surface area contributed by atoms with Crippen LogP contribution in [0.2, 0.25) is 0 Å². The highest BCUT2D eigenvalue weighted by Crippen LogP contribution is 2.26. The number of nitro benzene ring substituents is 1. The van der Waals surface area contributed by atoms with Crippen LogP contribution in [0.25, 0.3) is 0 Å². The quantitative estimate of drug-likeness (QED) is 0.693. The van der Waals surface area contributed by atoms with E-state index in [-0.39, 0.29) is 16.9 Å². The lowest BCUT2D eigenvalue weighted by molar-refractivity contribution is -0.384. The second kappa shape index (κ2) is 6.43. The molecule has 0 aromatic heterocycles. The number of rotatable bonds is 4. The fourth-order valence-electron chi connectivity index (χ4n) is 2.12. The maximum absolute atomic E-state index is 13.9. The van der Waals surface area contributed by atoms with Crippen molar-refractivity contribution >= 4 is 23.0 Å². The van der Waals surface area contributed by atoms with Crippen molar-refractivity contribution in [1.29, 1.82) is 0 Å². The number of halogens is 1. The van der Waals surface area contributed by atoms with Crippen molar-refractivity contribution < 1.29 is 14.1 Å². The standard InChI is InChI=1S/C16H16FN3O3/c1-10-4-6-14(13(17)8-10)18-16(21)12-9-11(20(22)23)5-7-15(12)19(2)3/h4-9H,1-3H3,(H,18,21). The molecule has 7 heteroatoms. The van der Waals surface area contributed by atoms with E-state index in [2.05, 4.69) is 5.32 Å². The van der Waals surface area contributed by atoms with Crippen molar-refractivity contribution in [2.24, 2.45) is 0 Å². The Labute approximate surface area is 132 Å². The van der Waals surface area contributed by atoms with E-state index in [4.69, 9.17) is 0 Å². The summed E-state index contributed by atoms with van der Waals surface area (Å²) in [6.45, 7) is 1.74. The van der Waals surface area contributed by atoms with Gasteiger partial charge in [-0.25, -0.2) is 4.39 Å². The third kappa shape index (κ3) is 3.63. The lowest BCUT2D eigenvalue weighted by Crippen LogP contribution is -2.19. The SMILES string of the molecule is Cc1ccc(NC(=O)c2cc([N+](=O)[O-])ccc2N(C)C)c(F)c1. The topological polar surface area (TPSA) is 75.5 Å². The van der Waals surface area contributed by atoms with Gasteiger partial charge in [-0.3, -0.25) is 14.9 Å². The summed E-state index contributed by atoms with van der Waals surface area (Å²) in [6, 6.07) is 8.40. The van der Waals surface area contributed by atoms with E-state index < -0.39 is 16.6 Å². The number of amides is 1. The van der Waals surface area contributed by atoms with Crippen LogP contribution in [0.5, 0.6) is 0 Å². The Morgan fingerprint density at radius 3 is 2.48 bits per heavy atom. The average Bonchev–Trinajstić information content (AvgIpc) is 2.49. The molecule has 23 heavy (non-hydrogen) atoms. The molecule has 0 radical (unpaired) electrons. The van der Waals surface area contributed by atoms with Gasteiger partial charge in [0.05, 0.1) is 16.2 Å². The lowest BCUT2D eigenvalue weighted by atomic mass is 10.1. The van der Waals surface area contributed by atoms with Crippen LogP contribution in [0, 0.1) is 22.9 Å². The van der Waals surface area contributed by atoms with Gasteiger partial charge in [0, 0.05) is 31.9 Å². The number of hydrogen-bond acceptors (Lipinski definition) is 4. The number of carbonyl (C=O) groups is 1. The summed E-state index contributed by atoms with van der Waals surface area (Å²) in [5, 5.41) is 13.4. The van der Waals surface area contributed by atoms with Gasteiger partial charge in [-0.1, -0.05) is 6.07 Å². The van der Waals surface area contributed by atoms with Crippen molar-refractivity contribution in [2.75, 3.05) is 24.3 Å². The summed E-state index contributed by atoms with van der Waals surface area (Å²) in [5.41, 5.74) is 1.15. The summed E-state index contributed by atoms with van der Waals surface area (Å²) < 4.78 is 13.9. The summed E-state index contributed by atoms with van der Waals surface area (Å²) >= 11 is 0. The molecular formula is C16H16FN3O3. The molecule has 0 aliphatic carbocycles. The molecule has 0 spiro atoms. The molecule has 6 nitrogen and oxygen atoms in total. The number of anilines is 2. The highest BCUT2D eigenvalue weighted by atomic mass is 19.1. The number of nitro groups is 1. The number of nitrogens with one attached hydrogen (secondary N) is 1. The summed E-state index contributed by atoms with van der Waals surface area (Å²) in [7, 11) is 3.43. The maximum Gasteiger partial charge on any atom is 0.270 e.